The average molecular weight is 300 g/mol. The molecule has 2 heterocycles. The number of H-pyrrole nitrogens is 1. The molecule has 0 amide bonds. The third kappa shape index (κ3) is 2.62. The van der Waals surface area contributed by atoms with Gasteiger partial charge in [-0.2, -0.15) is 5.10 Å². The van der Waals surface area contributed by atoms with E-state index < -0.39 is 10.7 Å². The fourth-order valence-corrected chi connectivity index (χ4v) is 1.88. The van der Waals surface area contributed by atoms with Crippen molar-refractivity contribution < 1.29 is 14.1 Å². The van der Waals surface area contributed by atoms with Crippen molar-refractivity contribution in [3.05, 3.63) is 64.9 Å². The lowest BCUT2D eigenvalue weighted by Crippen LogP contribution is -1.94. The Morgan fingerprint density at radius 3 is 2.77 bits per heavy atom. The zero-order valence-corrected chi connectivity index (χ0v) is 11.1. The molecule has 8 heteroatoms. The lowest BCUT2D eigenvalue weighted by molar-refractivity contribution is -0.385. The first kappa shape index (κ1) is 13.7. The summed E-state index contributed by atoms with van der Waals surface area (Å²) in [5, 5.41) is 17.3. The molecule has 0 aliphatic rings. The van der Waals surface area contributed by atoms with Crippen molar-refractivity contribution >= 4 is 5.69 Å². The van der Waals surface area contributed by atoms with Crippen LogP contribution in [0.25, 0.3) is 11.3 Å². The lowest BCUT2D eigenvalue weighted by Gasteiger charge is -2.09. The van der Waals surface area contributed by atoms with Crippen molar-refractivity contribution in [3.8, 4) is 22.8 Å². The Hall–Kier alpha value is -3.29. The number of rotatable bonds is 4. The van der Waals surface area contributed by atoms with Crippen molar-refractivity contribution in [1.82, 2.24) is 15.2 Å². The largest absolute Gasteiger partial charge is 0.453 e. The number of non-ortho nitro benzene ring substituents is 1. The summed E-state index contributed by atoms with van der Waals surface area (Å²) in [6.45, 7) is 0. The van der Waals surface area contributed by atoms with Crippen LogP contribution in [0.2, 0.25) is 0 Å². The smallest absolute Gasteiger partial charge is 0.272 e. The van der Waals surface area contributed by atoms with Gasteiger partial charge in [-0.25, -0.2) is 4.39 Å². The molecule has 7 nitrogen and oxygen atoms in total. The van der Waals surface area contributed by atoms with Crippen molar-refractivity contribution in [2.75, 3.05) is 0 Å². The van der Waals surface area contributed by atoms with E-state index in [2.05, 4.69) is 15.2 Å². The Morgan fingerprint density at radius 2 is 2.09 bits per heavy atom. The molecule has 0 spiro atoms. The number of aromatic amines is 1. The minimum atomic E-state index is -0.820. The number of pyridine rings is 1. The summed E-state index contributed by atoms with van der Waals surface area (Å²) >= 11 is 0. The van der Waals surface area contributed by atoms with E-state index in [1.54, 1.807) is 18.3 Å². The van der Waals surface area contributed by atoms with E-state index in [1.807, 2.05) is 0 Å². The van der Waals surface area contributed by atoms with Gasteiger partial charge in [0.2, 0.25) is 0 Å². The molecule has 0 bridgehead atoms. The van der Waals surface area contributed by atoms with Crippen molar-refractivity contribution in [3.63, 3.8) is 0 Å². The van der Waals surface area contributed by atoms with E-state index in [1.165, 1.54) is 24.5 Å². The van der Waals surface area contributed by atoms with Gasteiger partial charge in [0.05, 0.1) is 22.2 Å². The van der Waals surface area contributed by atoms with E-state index in [9.17, 15) is 14.5 Å². The molecule has 0 fully saturated rings. The van der Waals surface area contributed by atoms with E-state index >= 15 is 0 Å². The van der Waals surface area contributed by atoms with E-state index in [0.29, 0.717) is 17.0 Å². The van der Waals surface area contributed by atoms with Crippen LogP contribution in [0.5, 0.6) is 11.5 Å². The van der Waals surface area contributed by atoms with Gasteiger partial charge >= 0.3 is 0 Å². The second kappa shape index (κ2) is 5.60. The molecule has 0 radical (unpaired) electrons. The van der Waals surface area contributed by atoms with E-state index in [0.717, 1.165) is 6.07 Å². The molecule has 1 N–H and O–H groups in total. The number of hydrogen-bond acceptors (Lipinski definition) is 5. The van der Waals surface area contributed by atoms with Crippen LogP contribution in [0.3, 0.4) is 0 Å². The number of ether oxygens (including phenoxy) is 1. The third-order valence-electron chi connectivity index (χ3n) is 2.90. The van der Waals surface area contributed by atoms with Crippen molar-refractivity contribution in [2.24, 2.45) is 0 Å². The predicted molar refractivity (Wildman–Crippen MR) is 74.9 cm³/mol. The second-order valence-corrected chi connectivity index (χ2v) is 4.31. The summed E-state index contributed by atoms with van der Waals surface area (Å²) in [5.41, 5.74) is 0.819. The summed E-state index contributed by atoms with van der Waals surface area (Å²) in [7, 11) is 0. The maximum Gasteiger partial charge on any atom is 0.272 e. The molecule has 0 saturated heterocycles. The Labute approximate surface area is 123 Å². The summed E-state index contributed by atoms with van der Waals surface area (Å²) in [4.78, 5) is 13.9. The first-order valence-corrected chi connectivity index (χ1v) is 6.21. The molecule has 0 aliphatic heterocycles. The Balaban J connectivity index is 1.96. The van der Waals surface area contributed by atoms with Crippen LogP contribution in [-0.4, -0.2) is 20.1 Å². The molecule has 110 valence electrons. The first-order valence-electron chi connectivity index (χ1n) is 6.21. The monoisotopic (exact) mass is 300 g/mol. The van der Waals surface area contributed by atoms with Gasteiger partial charge in [0.25, 0.3) is 5.69 Å². The number of nitrogens with one attached hydrogen (secondary N) is 1. The number of hydrogen-bond donors (Lipinski definition) is 1. The van der Waals surface area contributed by atoms with E-state index in [-0.39, 0.29) is 11.4 Å². The van der Waals surface area contributed by atoms with E-state index in [4.69, 9.17) is 4.74 Å². The highest BCUT2D eigenvalue weighted by atomic mass is 19.1. The molecule has 0 saturated carbocycles. The van der Waals surface area contributed by atoms with Crippen LogP contribution in [-0.2, 0) is 0 Å². The van der Waals surface area contributed by atoms with Gasteiger partial charge in [0.15, 0.2) is 11.6 Å². The lowest BCUT2D eigenvalue weighted by atomic mass is 10.2. The van der Waals surface area contributed by atoms with Crippen molar-refractivity contribution in [2.45, 2.75) is 0 Å². The Bertz CT molecular complexity index is 821. The molecule has 1 aromatic carbocycles. The van der Waals surface area contributed by atoms with Gasteiger partial charge in [-0.15, -0.1) is 0 Å². The van der Waals surface area contributed by atoms with Crippen LogP contribution in [0.15, 0.2) is 48.9 Å². The minimum absolute atomic E-state index is 0.117. The van der Waals surface area contributed by atoms with Gasteiger partial charge in [0.1, 0.15) is 5.75 Å². The van der Waals surface area contributed by atoms with Crippen LogP contribution in [0.4, 0.5) is 10.1 Å². The molecular weight excluding hydrogens is 291 g/mol. The molecular formula is C14H9FN4O3. The minimum Gasteiger partial charge on any atom is -0.453 e. The molecule has 0 atom stereocenters. The molecule has 0 unspecified atom stereocenters. The normalized spacial score (nSPS) is 10.4. The van der Waals surface area contributed by atoms with Gasteiger partial charge in [-0.3, -0.25) is 20.2 Å². The number of benzene rings is 1. The molecule has 22 heavy (non-hydrogen) atoms. The van der Waals surface area contributed by atoms with Crippen molar-refractivity contribution in [1.29, 1.82) is 0 Å². The predicted octanol–water partition coefficient (Wildman–Crippen LogP) is 3.31. The number of aromatic nitrogens is 3. The summed E-state index contributed by atoms with van der Waals surface area (Å²) in [6.07, 6.45) is 4.67. The summed E-state index contributed by atoms with van der Waals surface area (Å²) in [5.74, 6) is -0.595. The van der Waals surface area contributed by atoms with Gasteiger partial charge < -0.3 is 4.74 Å². The van der Waals surface area contributed by atoms with Gasteiger partial charge in [0, 0.05) is 24.7 Å². The summed E-state index contributed by atoms with van der Waals surface area (Å²) in [6, 6.07) is 6.47. The van der Waals surface area contributed by atoms with Crippen LogP contribution in [0, 0.1) is 15.9 Å². The van der Waals surface area contributed by atoms with Crippen LogP contribution in [0.1, 0.15) is 0 Å². The highest BCUT2D eigenvalue weighted by Crippen LogP contribution is 2.33. The maximum atomic E-state index is 13.9. The summed E-state index contributed by atoms with van der Waals surface area (Å²) < 4.78 is 19.4. The topological polar surface area (TPSA) is 93.9 Å². The highest BCUT2D eigenvalue weighted by Gasteiger charge is 2.15. The molecule has 0 aliphatic carbocycles. The maximum absolute atomic E-state index is 13.9. The fraction of sp³-hybridized carbons (Fsp3) is 0. The standard InChI is InChI=1S/C14H9FN4O3/c15-11-7-9(19(20)21)1-2-14(11)22-13-4-5-16-8-10(13)12-3-6-17-18-12/h1-8H,(H,17,18). The molecule has 2 aromatic heterocycles. The Morgan fingerprint density at radius 1 is 1.23 bits per heavy atom. The molecule has 3 aromatic rings. The Kier molecular flexibility index (Phi) is 3.48. The van der Waals surface area contributed by atoms with Crippen LogP contribution < -0.4 is 4.74 Å². The zero-order valence-electron chi connectivity index (χ0n) is 11.1. The van der Waals surface area contributed by atoms with Gasteiger partial charge in [-0.05, 0) is 18.2 Å². The third-order valence-corrected chi connectivity index (χ3v) is 2.90. The number of nitrogens with zero attached hydrogens (tertiary/aromatic N) is 3. The SMILES string of the molecule is O=[N+]([O-])c1ccc(Oc2ccncc2-c2cc[nH]n2)c(F)c1. The highest BCUT2D eigenvalue weighted by molar-refractivity contribution is 5.66. The number of halogens is 1. The zero-order chi connectivity index (χ0) is 15.5. The fourth-order valence-electron chi connectivity index (χ4n) is 1.88. The average Bonchev–Trinajstić information content (AvgIpc) is 3.04. The number of nitro groups is 1. The quantitative estimate of drug-likeness (QED) is 0.589. The van der Waals surface area contributed by atoms with Gasteiger partial charge in [-0.1, -0.05) is 0 Å². The second-order valence-electron chi connectivity index (χ2n) is 4.31. The molecule has 3 rings (SSSR count). The van der Waals surface area contributed by atoms with Crippen LogP contribution >= 0.6 is 0 Å². The number of nitro benzene ring substituents is 1. The first-order chi connectivity index (χ1) is 10.6.